The number of para-hydroxylation sites is 1. The van der Waals surface area contributed by atoms with Crippen molar-refractivity contribution in [1.29, 1.82) is 0 Å². The second-order valence-electron chi connectivity index (χ2n) is 9.72. The lowest BCUT2D eigenvalue weighted by atomic mass is 10.0. The highest BCUT2D eigenvalue weighted by atomic mass is 35.5. The highest BCUT2D eigenvalue weighted by Gasteiger charge is 2.07. The van der Waals surface area contributed by atoms with Crippen molar-refractivity contribution in [1.82, 2.24) is 4.98 Å². The van der Waals surface area contributed by atoms with Crippen LogP contribution in [0.5, 0.6) is 0 Å². The van der Waals surface area contributed by atoms with Crippen LogP contribution in [0.1, 0.15) is 115 Å². The molecule has 1 aromatic heterocycles. The molecule has 0 amide bonds. The summed E-state index contributed by atoms with van der Waals surface area (Å²) in [6.45, 7) is 2.30. The molecule has 0 aliphatic rings. The molecule has 0 radical (unpaired) electrons. The van der Waals surface area contributed by atoms with Gasteiger partial charge < -0.3 is 4.98 Å². The molecule has 3 rings (SSSR count). The number of nitrogens with one attached hydrogen (secondary N) is 1. The fourth-order valence-corrected chi connectivity index (χ4v) is 5.19. The molecule has 0 bridgehead atoms. The zero-order chi connectivity index (χ0) is 22.4. The Morgan fingerprint density at radius 3 is 1.78 bits per heavy atom. The van der Waals surface area contributed by atoms with Crippen LogP contribution in [-0.2, 0) is 6.42 Å². The molecule has 0 unspecified atom stereocenters. The summed E-state index contributed by atoms with van der Waals surface area (Å²) in [6, 6.07) is 13.0. The molecule has 0 aliphatic heterocycles. The van der Waals surface area contributed by atoms with Gasteiger partial charge in [0.2, 0.25) is 0 Å². The quantitative estimate of drug-likeness (QED) is 0.195. The van der Waals surface area contributed by atoms with E-state index < -0.39 is 0 Å². The fourth-order valence-electron chi connectivity index (χ4n) is 4.97. The molecule has 0 spiro atoms. The lowest BCUT2D eigenvalue weighted by Gasteiger charge is -2.04. The zero-order valence-corrected chi connectivity index (χ0v) is 21.1. The van der Waals surface area contributed by atoms with E-state index in [0.29, 0.717) is 0 Å². The van der Waals surface area contributed by atoms with Crippen LogP contribution in [0.15, 0.2) is 36.4 Å². The standard InChI is InChI=1S/C30H44ClN/c1-2-3-4-5-6-7-8-9-10-11-12-13-14-15-16-17-19-25-22-23-29-27(24-25)26-20-18-21-28(31)30(26)32-29/h18,20-24,32H,2-17,19H2,1H3. The van der Waals surface area contributed by atoms with E-state index in [1.165, 1.54) is 131 Å². The highest BCUT2D eigenvalue weighted by molar-refractivity contribution is 6.36. The van der Waals surface area contributed by atoms with Gasteiger partial charge >= 0.3 is 0 Å². The molecule has 0 saturated carbocycles. The number of hydrogen-bond acceptors (Lipinski definition) is 0. The topological polar surface area (TPSA) is 15.8 Å². The van der Waals surface area contributed by atoms with Gasteiger partial charge in [0.1, 0.15) is 0 Å². The van der Waals surface area contributed by atoms with E-state index in [-0.39, 0.29) is 0 Å². The van der Waals surface area contributed by atoms with E-state index in [0.717, 1.165) is 10.5 Å². The third kappa shape index (κ3) is 8.14. The summed E-state index contributed by atoms with van der Waals surface area (Å²) in [7, 11) is 0. The molecule has 0 aliphatic carbocycles. The Hall–Kier alpha value is -1.47. The van der Waals surface area contributed by atoms with Crippen molar-refractivity contribution in [3.8, 4) is 0 Å². The van der Waals surface area contributed by atoms with Crippen LogP contribution >= 0.6 is 11.6 Å². The predicted octanol–water partition coefficient (Wildman–Crippen LogP) is 10.8. The maximum atomic E-state index is 6.35. The Labute approximate surface area is 201 Å². The first kappa shape index (κ1) is 25.2. The van der Waals surface area contributed by atoms with Gasteiger partial charge in [0.05, 0.1) is 10.5 Å². The Balaban J connectivity index is 1.20. The van der Waals surface area contributed by atoms with E-state index in [4.69, 9.17) is 11.6 Å². The number of aromatic nitrogens is 1. The molecule has 1 heterocycles. The van der Waals surface area contributed by atoms with Crippen molar-refractivity contribution in [2.24, 2.45) is 0 Å². The van der Waals surface area contributed by atoms with Gasteiger partial charge in [-0.2, -0.15) is 0 Å². The first-order valence-electron chi connectivity index (χ1n) is 13.5. The number of fused-ring (bicyclic) bond motifs is 3. The number of benzene rings is 2. The minimum atomic E-state index is 0.804. The van der Waals surface area contributed by atoms with Crippen LogP contribution in [0, 0.1) is 0 Å². The average molecular weight is 454 g/mol. The van der Waals surface area contributed by atoms with E-state index in [9.17, 15) is 0 Å². The number of aromatic amines is 1. The van der Waals surface area contributed by atoms with E-state index in [2.05, 4.69) is 36.2 Å². The monoisotopic (exact) mass is 453 g/mol. The molecular formula is C30H44ClN. The fraction of sp³-hybridized carbons (Fsp3) is 0.600. The van der Waals surface area contributed by atoms with Gasteiger partial charge in [-0.3, -0.25) is 0 Å². The van der Waals surface area contributed by atoms with Crippen LogP contribution in [0.3, 0.4) is 0 Å². The number of rotatable bonds is 17. The Morgan fingerprint density at radius 1 is 0.625 bits per heavy atom. The van der Waals surface area contributed by atoms with E-state index in [1.807, 2.05) is 12.1 Å². The van der Waals surface area contributed by atoms with Crippen LogP contribution in [0.4, 0.5) is 0 Å². The SMILES string of the molecule is CCCCCCCCCCCCCCCCCCc1ccc2[nH]c3c(Cl)cccc3c2c1. The summed E-state index contributed by atoms with van der Waals surface area (Å²) in [5.74, 6) is 0. The molecule has 0 atom stereocenters. The van der Waals surface area contributed by atoms with E-state index in [1.54, 1.807) is 0 Å². The summed E-state index contributed by atoms with van der Waals surface area (Å²) < 4.78 is 0. The molecule has 2 heteroatoms. The molecular weight excluding hydrogens is 410 g/mol. The molecule has 0 saturated heterocycles. The Kier molecular flexibility index (Phi) is 11.5. The van der Waals surface area contributed by atoms with Crippen molar-refractivity contribution in [3.05, 3.63) is 47.0 Å². The minimum Gasteiger partial charge on any atom is -0.353 e. The van der Waals surface area contributed by atoms with Gasteiger partial charge in [0.25, 0.3) is 0 Å². The number of unbranched alkanes of at least 4 members (excludes halogenated alkanes) is 15. The second kappa shape index (κ2) is 14.6. The van der Waals surface area contributed by atoms with Gasteiger partial charge in [0, 0.05) is 16.3 Å². The molecule has 1 N–H and O–H groups in total. The van der Waals surface area contributed by atoms with Crippen LogP contribution < -0.4 is 0 Å². The average Bonchev–Trinajstić information content (AvgIpc) is 3.18. The van der Waals surface area contributed by atoms with Crippen molar-refractivity contribution >= 4 is 33.4 Å². The molecule has 32 heavy (non-hydrogen) atoms. The smallest absolute Gasteiger partial charge is 0.0654 e. The molecule has 0 fully saturated rings. The number of hydrogen-bond donors (Lipinski definition) is 1. The van der Waals surface area contributed by atoms with Crippen LogP contribution in [0.25, 0.3) is 21.8 Å². The molecule has 1 nitrogen and oxygen atoms in total. The van der Waals surface area contributed by atoms with Crippen molar-refractivity contribution in [2.45, 2.75) is 116 Å². The molecule has 2 aromatic carbocycles. The van der Waals surface area contributed by atoms with E-state index >= 15 is 0 Å². The summed E-state index contributed by atoms with van der Waals surface area (Å²) in [4.78, 5) is 3.47. The van der Waals surface area contributed by atoms with Crippen molar-refractivity contribution in [3.63, 3.8) is 0 Å². The number of H-pyrrole nitrogens is 1. The summed E-state index contributed by atoms with van der Waals surface area (Å²) >= 11 is 6.35. The predicted molar refractivity (Wildman–Crippen MR) is 144 cm³/mol. The maximum Gasteiger partial charge on any atom is 0.0654 e. The third-order valence-corrected chi connectivity index (χ3v) is 7.28. The largest absolute Gasteiger partial charge is 0.353 e. The minimum absolute atomic E-state index is 0.804. The Bertz CT molecular complexity index is 910. The summed E-state index contributed by atoms with van der Waals surface area (Å²) in [6.07, 6.45) is 24.0. The van der Waals surface area contributed by atoms with Crippen LogP contribution in [-0.4, -0.2) is 4.98 Å². The first-order valence-corrected chi connectivity index (χ1v) is 13.9. The van der Waals surface area contributed by atoms with Crippen LogP contribution in [0.2, 0.25) is 5.02 Å². The lowest BCUT2D eigenvalue weighted by Crippen LogP contribution is -1.87. The van der Waals surface area contributed by atoms with Gasteiger partial charge in [-0.25, -0.2) is 0 Å². The Morgan fingerprint density at radius 2 is 1.19 bits per heavy atom. The zero-order valence-electron chi connectivity index (χ0n) is 20.4. The van der Waals surface area contributed by atoms with Gasteiger partial charge in [-0.15, -0.1) is 0 Å². The van der Waals surface area contributed by atoms with Gasteiger partial charge in [-0.1, -0.05) is 133 Å². The number of halogens is 1. The maximum absolute atomic E-state index is 6.35. The second-order valence-corrected chi connectivity index (χ2v) is 10.1. The van der Waals surface area contributed by atoms with Crippen molar-refractivity contribution < 1.29 is 0 Å². The highest BCUT2D eigenvalue weighted by Crippen LogP contribution is 2.31. The van der Waals surface area contributed by atoms with Gasteiger partial charge in [-0.05, 0) is 36.6 Å². The normalized spacial score (nSPS) is 11.7. The summed E-state index contributed by atoms with van der Waals surface area (Å²) in [5.41, 5.74) is 3.69. The lowest BCUT2D eigenvalue weighted by molar-refractivity contribution is 0.529. The number of aryl methyl sites for hydroxylation is 1. The molecule has 176 valence electrons. The third-order valence-electron chi connectivity index (χ3n) is 6.97. The summed E-state index contributed by atoms with van der Waals surface area (Å²) in [5, 5.41) is 3.34. The van der Waals surface area contributed by atoms with Crippen molar-refractivity contribution in [2.75, 3.05) is 0 Å². The first-order chi connectivity index (χ1) is 15.8. The molecule has 3 aromatic rings. The van der Waals surface area contributed by atoms with Gasteiger partial charge in [0.15, 0.2) is 0 Å².